The molecule has 0 aliphatic carbocycles. The van der Waals surface area contributed by atoms with Crippen LogP contribution in [0.5, 0.6) is 0 Å². The fraction of sp³-hybridized carbons (Fsp3) is 1.00. The lowest BCUT2D eigenvalue weighted by Gasteiger charge is -2.45. The van der Waals surface area contributed by atoms with Gasteiger partial charge in [0, 0.05) is 18.1 Å². The molecule has 0 bridgehead atoms. The van der Waals surface area contributed by atoms with E-state index in [1.807, 2.05) is 0 Å². The lowest BCUT2D eigenvalue weighted by Crippen LogP contribution is -2.64. The van der Waals surface area contributed by atoms with Crippen LogP contribution in [0.1, 0.15) is 6.42 Å². The number of ether oxygens (including phenoxy) is 4. The van der Waals surface area contributed by atoms with Crippen molar-refractivity contribution in [2.24, 2.45) is 5.11 Å². The normalized spacial score (nSPS) is 43.0. The molecule has 0 radical (unpaired) electrons. The fourth-order valence-electron chi connectivity index (χ4n) is 3.07. The molecule has 0 aromatic heterocycles. The van der Waals surface area contributed by atoms with Crippen LogP contribution < -0.4 is 0 Å². The third kappa shape index (κ3) is 5.73. The van der Waals surface area contributed by atoms with Gasteiger partial charge in [0.2, 0.25) is 0 Å². The molecule has 168 valence electrons. The van der Waals surface area contributed by atoms with Crippen molar-refractivity contribution in [3.8, 4) is 0 Å². The molecule has 0 aromatic carbocycles. The van der Waals surface area contributed by atoms with Gasteiger partial charge in [-0.3, -0.25) is 0 Å². The maximum Gasteiger partial charge on any atom is 0.187 e. The molecule has 2 heterocycles. The highest BCUT2D eigenvalue weighted by molar-refractivity contribution is 4.94. The summed E-state index contributed by atoms with van der Waals surface area (Å²) in [4.78, 5) is 2.58. The summed E-state index contributed by atoms with van der Waals surface area (Å²) in [6, 6.07) is 0. The highest BCUT2D eigenvalue weighted by Crippen LogP contribution is 2.29. The molecule has 7 N–H and O–H groups in total. The number of hydrogen-bond acceptors (Lipinski definition) is 12. The molecule has 10 atom stereocenters. The van der Waals surface area contributed by atoms with E-state index in [4.69, 9.17) is 24.5 Å². The molecule has 0 unspecified atom stereocenters. The van der Waals surface area contributed by atoms with Gasteiger partial charge in [-0.1, -0.05) is 5.11 Å². The average molecular weight is 425 g/mol. The van der Waals surface area contributed by atoms with Crippen molar-refractivity contribution in [1.29, 1.82) is 0 Å². The van der Waals surface area contributed by atoms with E-state index in [1.54, 1.807) is 0 Å². The van der Waals surface area contributed by atoms with E-state index in [2.05, 4.69) is 10.0 Å². The van der Waals surface area contributed by atoms with E-state index in [0.29, 0.717) is 6.42 Å². The Bertz CT molecular complexity index is 548. The maximum atomic E-state index is 10.4. The van der Waals surface area contributed by atoms with E-state index in [-0.39, 0.29) is 13.2 Å². The Morgan fingerprint density at radius 1 is 0.828 bits per heavy atom. The summed E-state index contributed by atoms with van der Waals surface area (Å²) < 4.78 is 21.3. The molecule has 29 heavy (non-hydrogen) atoms. The topological polar surface area (TPSA) is 227 Å². The van der Waals surface area contributed by atoms with Gasteiger partial charge in [-0.05, 0) is 12.0 Å². The standard InChI is InChI=1S/C15H27N3O11/c16-18-17-2-1-3-26-14-12(25)10(23)13(7(5-20)28-14)29-15-11(24)9(22)8(21)6(4-19)27-15/h6-15,19-25H,1-5H2/t6-,7-,8-,9+,10-,11+,12+,13-,14-,15+/m1/s1. The zero-order chi connectivity index (χ0) is 21.6. The Balaban J connectivity index is 2.00. The number of aliphatic hydroxyl groups is 7. The van der Waals surface area contributed by atoms with Gasteiger partial charge in [0.05, 0.1) is 13.2 Å². The second-order valence-electron chi connectivity index (χ2n) is 6.68. The molecule has 2 rings (SSSR count). The molecule has 0 amide bonds. The molecule has 2 fully saturated rings. The molecule has 14 nitrogen and oxygen atoms in total. The van der Waals surface area contributed by atoms with Crippen LogP contribution in [0, 0.1) is 0 Å². The van der Waals surface area contributed by atoms with E-state index >= 15 is 0 Å². The molecular weight excluding hydrogens is 398 g/mol. The van der Waals surface area contributed by atoms with Crippen LogP contribution in [-0.2, 0) is 18.9 Å². The maximum absolute atomic E-state index is 10.4. The van der Waals surface area contributed by atoms with Gasteiger partial charge in [0.15, 0.2) is 12.6 Å². The summed E-state index contributed by atoms with van der Waals surface area (Å²) >= 11 is 0. The van der Waals surface area contributed by atoms with E-state index in [0.717, 1.165) is 0 Å². The minimum absolute atomic E-state index is 0.0455. The monoisotopic (exact) mass is 425 g/mol. The lowest BCUT2D eigenvalue weighted by atomic mass is 9.97. The Kier molecular flexibility index (Phi) is 9.42. The zero-order valence-electron chi connectivity index (χ0n) is 15.4. The van der Waals surface area contributed by atoms with Gasteiger partial charge < -0.3 is 54.7 Å². The molecule has 2 aliphatic rings. The molecule has 0 spiro atoms. The minimum Gasteiger partial charge on any atom is -0.394 e. The smallest absolute Gasteiger partial charge is 0.187 e. The van der Waals surface area contributed by atoms with Gasteiger partial charge >= 0.3 is 0 Å². The largest absolute Gasteiger partial charge is 0.394 e. The van der Waals surface area contributed by atoms with E-state index in [1.165, 1.54) is 0 Å². The Hall–Kier alpha value is -1.13. The van der Waals surface area contributed by atoms with E-state index < -0.39 is 74.6 Å². The van der Waals surface area contributed by atoms with Crippen LogP contribution in [-0.4, -0.2) is 124 Å². The van der Waals surface area contributed by atoms with Gasteiger partial charge in [-0.15, -0.1) is 0 Å². The third-order valence-corrected chi connectivity index (χ3v) is 4.71. The highest BCUT2D eigenvalue weighted by Gasteiger charge is 2.50. The number of hydrogen-bond donors (Lipinski definition) is 7. The van der Waals surface area contributed by atoms with Gasteiger partial charge in [0.25, 0.3) is 0 Å². The van der Waals surface area contributed by atoms with Crippen molar-refractivity contribution in [1.82, 2.24) is 0 Å². The summed E-state index contributed by atoms with van der Waals surface area (Å²) in [7, 11) is 0. The Labute approximate surface area is 165 Å². The molecule has 2 aliphatic heterocycles. The third-order valence-electron chi connectivity index (χ3n) is 4.71. The second kappa shape index (κ2) is 11.3. The average Bonchev–Trinajstić information content (AvgIpc) is 2.72. The predicted molar refractivity (Wildman–Crippen MR) is 91.0 cm³/mol. The summed E-state index contributed by atoms with van der Waals surface area (Å²) in [5.41, 5.74) is 8.21. The molecule has 2 saturated heterocycles. The van der Waals surface area contributed by atoms with Crippen LogP contribution in [0.4, 0.5) is 0 Å². The SMILES string of the molecule is [N-]=[N+]=NCCCO[C@@H]1O[C@H](CO)[C@@H](O[C@@H]2O[C@H](CO)[C@@H](O)[C@H](O)[C@@H]2O)[C@H](O)[C@@H]1O. The first-order valence-electron chi connectivity index (χ1n) is 9.06. The minimum atomic E-state index is -1.73. The van der Waals surface area contributed by atoms with Gasteiger partial charge in [0.1, 0.15) is 48.8 Å². The summed E-state index contributed by atoms with van der Waals surface area (Å²) in [6.45, 7) is -1.12. The first-order valence-corrected chi connectivity index (χ1v) is 9.06. The lowest BCUT2D eigenvalue weighted by molar-refractivity contribution is -0.359. The number of rotatable bonds is 9. The van der Waals surface area contributed by atoms with Crippen LogP contribution in [0.2, 0.25) is 0 Å². The summed E-state index contributed by atoms with van der Waals surface area (Å²) in [5, 5.41) is 72.4. The van der Waals surface area contributed by atoms with Crippen molar-refractivity contribution in [2.75, 3.05) is 26.4 Å². The summed E-state index contributed by atoms with van der Waals surface area (Å²) in [5.74, 6) is 0. The zero-order valence-corrected chi connectivity index (χ0v) is 15.4. The van der Waals surface area contributed by atoms with Crippen LogP contribution in [0.3, 0.4) is 0 Å². The van der Waals surface area contributed by atoms with Crippen LogP contribution in [0.25, 0.3) is 10.4 Å². The van der Waals surface area contributed by atoms with Crippen molar-refractivity contribution in [3.05, 3.63) is 10.4 Å². The van der Waals surface area contributed by atoms with Crippen molar-refractivity contribution < 1.29 is 54.7 Å². The van der Waals surface area contributed by atoms with Gasteiger partial charge in [-0.25, -0.2) is 0 Å². The molecule has 14 heteroatoms. The number of azide groups is 1. The first kappa shape index (κ1) is 24.1. The molecular formula is C15H27N3O11. The molecule has 0 saturated carbocycles. The first-order chi connectivity index (χ1) is 13.8. The van der Waals surface area contributed by atoms with Crippen molar-refractivity contribution in [2.45, 2.75) is 67.8 Å². The highest BCUT2D eigenvalue weighted by atomic mass is 16.7. The van der Waals surface area contributed by atoms with E-state index in [9.17, 15) is 35.7 Å². The second-order valence-corrected chi connectivity index (χ2v) is 6.68. The quantitative estimate of drug-likeness (QED) is 0.0823. The van der Waals surface area contributed by atoms with Crippen molar-refractivity contribution >= 4 is 0 Å². The van der Waals surface area contributed by atoms with Gasteiger partial charge in [-0.2, -0.15) is 0 Å². The van der Waals surface area contributed by atoms with Crippen LogP contribution >= 0.6 is 0 Å². The Morgan fingerprint density at radius 2 is 1.45 bits per heavy atom. The predicted octanol–water partition coefficient (Wildman–Crippen LogP) is -3.67. The van der Waals surface area contributed by atoms with Crippen LogP contribution in [0.15, 0.2) is 5.11 Å². The van der Waals surface area contributed by atoms with Crippen molar-refractivity contribution in [3.63, 3.8) is 0 Å². The molecule has 0 aromatic rings. The fourth-order valence-corrected chi connectivity index (χ4v) is 3.07. The summed E-state index contributed by atoms with van der Waals surface area (Å²) in [6.07, 6.45) is -14.6. The Morgan fingerprint density at radius 3 is 2.07 bits per heavy atom. The number of nitrogens with zero attached hydrogens (tertiary/aromatic N) is 3. The number of aliphatic hydroxyl groups excluding tert-OH is 7.